The third-order valence-electron chi connectivity index (χ3n) is 1.31. The molecular weight excluding hydrogens is 206 g/mol. The molecule has 0 bridgehead atoms. The SMILES string of the molecule is O=C(O)COCCOCCNC(=O)CO. The zero-order valence-electron chi connectivity index (χ0n) is 8.27. The second kappa shape index (κ2) is 9.38. The first kappa shape index (κ1) is 13.8. The second-order valence-corrected chi connectivity index (χ2v) is 2.57. The lowest BCUT2D eigenvalue weighted by Crippen LogP contribution is -2.29. The second-order valence-electron chi connectivity index (χ2n) is 2.57. The van der Waals surface area contributed by atoms with Crippen molar-refractivity contribution in [2.45, 2.75) is 0 Å². The topological polar surface area (TPSA) is 105 Å². The number of rotatable bonds is 9. The predicted molar refractivity (Wildman–Crippen MR) is 49.4 cm³/mol. The highest BCUT2D eigenvalue weighted by Crippen LogP contribution is 1.78. The maximum absolute atomic E-state index is 10.5. The lowest BCUT2D eigenvalue weighted by atomic mass is 10.6. The maximum atomic E-state index is 10.5. The molecule has 7 nitrogen and oxygen atoms in total. The van der Waals surface area contributed by atoms with Gasteiger partial charge in [-0.25, -0.2) is 4.79 Å². The van der Waals surface area contributed by atoms with Crippen LogP contribution >= 0.6 is 0 Å². The molecule has 88 valence electrons. The molecule has 1 amide bonds. The Morgan fingerprint density at radius 1 is 1.13 bits per heavy atom. The molecule has 0 spiro atoms. The predicted octanol–water partition coefficient (Wildman–Crippen LogP) is -1.79. The van der Waals surface area contributed by atoms with Gasteiger partial charge in [-0.2, -0.15) is 0 Å². The van der Waals surface area contributed by atoms with Crippen molar-refractivity contribution in [1.29, 1.82) is 0 Å². The van der Waals surface area contributed by atoms with Crippen LogP contribution in [0.5, 0.6) is 0 Å². The molecule has 0 heterocycles. The van der Waals surface area contributed by atoms with Crippen LogP contribution in [0.4, 0.5) is 0 Å². The molecule has 0 atom stereocenters. The highest BCUT2D eigenvalue weighted by atomic mass is 16.5. The average molecular weight is 221 g/mol. The van der Waals surface area contributed by atoms with Gasteiger partial charge in [-0.3, -0.25) is 4.79 Å². The Hall–Kier alpha value is -1.18. The minimum atomic E-state index is -1.02. The fourth-order valence-electron chi connectivity index (χ4n) is 0.698. The van der Waals surface area contributed by atoms with Gasteiger partial charge in [0, 0.05) is 6.54 Å². The summed E-state index contributed by atoms with van der Waals surface area (Å²) in [6, 6.07) is 0. The molecule has 0 aromatic rings. The molecule has 3 N–H and O–H groups in total. The van der Waals surface area contributed by atoms with E-state index in [1.165, 1.54) is 0 Å². The van der Waals surface area contributed by atoms with Gasteiger partial charge in [-0.1, -0.05) is 0 Å². The largest absolute Gasteiger partial charge is 0.480 e. The third-order valence-corrected chi connectivity index (χ3v) is 1.31. The van der Waals surface area contributed by atoms with E-state index in [-0.39, 0.29) is 19.8 Å². The van der Waals surface area contributed by atoms with Gasteiger partial charge >= 0.3 is 5.97 Å². The van der Waals surface area contributed by atoms with Crippen LogP contribution in [-0.2, 0) is 19.1 Å². The summed E-state index contributed by atoms with van der Waals surface area (Å²) in [5.41, 5.74) is 0. The minimum absolute atomic E-state index is 0.195. The van der Waals surface area contributed by atoms with Gasteiger partial charge in [0.25, 0.3) is 0 Å². The first-order chi connectivity index (χ1) is 7.16. The summed E-state index contributed by atoms with van der Waals surface area (Å²) in [7, 11) is 0. The number of carboxylic acid groups (broad SMARTS) is 1. The van der Waals surface area contributed by atoms with Gasteiger partial charge in [-0.05, 0) is 0 Å². The molecular formula is C8H15NO6. The highest BCUT2D eigenvalue weighted by Gasteiger charge is 1.97. The molecule has 15 heavy (non-hydrogen) atoms. The standard InChI is InChI=1S/C8H15NO6/c10-5-7(11)9-1-2-14-3-4-15-6-8(12)13/h10H,1-6H2,(H,9,11)(H,12,13). The van der Waals surface area contributed by atoms with Crippen molar-refractivity contribution in [3.63, 3.8) is 0 Å². The fourth-order valence-corrected chi connectivity index (χ4v) is 0.698. The lowest BCUT2D eigenvalue weighted by molar-refractivity contribution is -0.142. The Morgan fingerprint density at radius 2 is 1.80 bits per heavy atom. The van der Waals surface area contributed by atoms with Crippen LogP contribution in [0.1, 0.15) is 0 Å². The average Bonchev–Trinajstić information content (AvgIpc) is 2.21. The number of hydrogen-bond donors (Lipinski definition) is 3. The monoisotopic (exact) mass is 221 g/mol. The molecule has 0 radical (unpaired) electrons. The fraction of sp³-hybridized carbons (Fsp3) is 0.750. The Balaban J connectivity index is 3.05. The van der Waals surface area contributed by atoms with E-state index in [0.29, 0.717) is 13.2 Å². The molecule has 7 heteroatoms. The Morgan fingerprint density at radius 3 is 2.40 bits per heavy atom. The van der Waals surface area contributed by atoms with Crippen LogP contribution in [-0.4, -0.2) is 61.7 Å². The molecule has 0 saturated heterocycles. The summed E-state index contributed by atoms with van der Waals surface area (Å²) in [6.07, 6.45) is 0. The van der Waals surface area contributed by atoms with Crippen LogP contribution in [0.25, 0.3) is 0 Å². The highest BCUT2D eigenvalue weighted by molar-refractivity contribution is 5.76. The van der Waals surface area contributed by atoms with E-state index in [0.717, 1.165) is 0 Å². The number of aliphatic carboxylic acids is 1. The maximum Gasteiger partial charge on any atom is 0.329 e. The van der Waals surface area contributed by atoms with Crippen LogP contribution in [0.3, 0.4) is 0 Å². The van der Waals surface area contributed by atoms with Crippen molar-refractivity contribution in [1.82, 2.24) is 5.32 Å². The van der Waals surface area contributed by atoms with Crippen molar-refractivity contribution in [3.05, 3.63) is 0 Å². The zero-order chi connectivity index (χ0) is 11.5. The number of aliphatic hydroxyl groups is 1. The van der Waals surface area contributed by atoms with Gasteiger partial charge in [0.1, 0.15) is 13.2 Å². The van der Waals surface area contributed by atoms with Crippen LogP contribution in [0.15, 0.2) is 0 Å². The van der Waals surface area contributed by atoms with E-state index in [1.807, 2.05) is 0 Å². The number of amides is 1. The molecule has 0 rings (SSSR count). The smallest absolute Gasteiger partial charge is 0.329 e. The number of ether oxygens (including phenoxy) is 2. The van der Waals surface area contributed by atoms with Crippen LogP contribution in [0.2, 0.25) is 0 Å². The summed E-state index contributed by atoms with van der Waals surface area (Å²) < 4.78 is 9.69. The molecule has 0 aliphatic carbocycles. The molecule has 0 saturated carbocycles. The Labute approximate surface area is 87.0 Å². The summed E-state index contributed by atoms with van der Waals surface area (Å²) in [5.74, 6) is -1.48. The molecule has 0 aromatic heterocycles. The normalized spacial score (nSPS) is 9.93. The van der Waals surface area contributed by atoms with Crippen molar-refractivity contribution >= 4 is 11.9 Å². The Bertz CT molecular complexity index is 196. The first-order valence-electron chi connectivity index (χ1n) is 4.41. The molecule has 0 unspecified atom stereocenters. The van der Waals surface area contributed by atoms with Gasteiger partial charge in [0.15, 0.2) is 0 Å². The van der Waals surface area contributed by atoms with E-state index in [1.54, 1.807) is 0 Å². The lowest BCUT2D eigenvalue weighted by Gasteiger charge is -2.05. The van der Waals surface area contributed by atoms with Gasteiger partial charge < -0.3 is 25.0 Å². The van der Waals surface area contributed by atoms with Crippen molar-refractivity contribution < 1.29 is 29.3 Å². The van der Waals surface area contributed by atoms with Gasteiger partial charge in [0.2, 0.25) is 5.91 Å². The first-order valence-corrected chi connectivity index (χ1v) is 4.41. The van der Waals surface area contributed by atoms with Gasteiger partial charge in [0.05, 0.1) is 19.8 Å². The number of aliphatic hydroxyl groups excluding tert-OH is 1. The van der Waals surface area contributed by atoms with E-state index < -0.39 is 18.5 Å². The number of hydrogen-bond acceptors (Lipinski definition) is 5. The van der Waals surface area contributed by atoms with Crippen molar-refractivity contribution in [2.75, 3.05) is 39.6 Å². The third kappa shape index (κ3) is 10.7. The molecule has 0 aromatic carbocycles. The molecule has 0 aliphatic rings. The van der Waals surface area contributed by atoms with E-state index in [9.17, 15) is 9.59 Å². The van der Waals surface area contributed by atoms with Gasteiger partial charge in [-0.15, -0.1) is 0 Å². The van der Waals surface area contributed by atoms with E-state index >= 15 is 0 Å². The number of carbonyl (C=O) groups is 2. The molecule has 0 aliphatic heterocycles. The minimum Gasteiger partial charge on any atom is -0.480 e. The number of nitrogens with one attached hydrogen (secondary N) is 1. The number of carbonyl (C=O) groups excluding carboxylic acids is 1. The summed E-state index contributed by atoms with van der Waals surface area (Å²) in [5, 5.41) is 18.9. The van der Waals surface area contributed by atoms with E-state index in [4.69, 9.17) is 19.7 Å². The summed E-state index contributed by atoms with van der Waals surface area (Å²) >= 11 is 0. The Kier molecular flexibility index (Phi) is 8.64. The number of carboxylic acids is 1. The van der Waals surface area contributed by atoms with E-state index in [2.05, 4.69) is 5.32 Å². The quantitative estimate of drug-likeness (QED) is 0.397. The van der Waals surface area contributed by atoms with Crippen LogP contribution in [0, 0.1) is 0 Å². The summed E-state index contributed by atoms with van der Waals surface area (Å²) in [6.45, 7) is 0.176. The van der Waals surface area contributed by atoms with Crippen LogP contribution < -0.4 is 5.32 Å². The van der Waals surface area contributed by atoms with Crippen molar-refractivity contribution in [2.24, 2.45) is 0 Å². The van der Waals surface area contributed by atoms with Crippen molar-refractivity contribution in [3.8, 4) is 0 Å². The zero-order valence-corrected chi connectivity index (χ0v) is 8.27. The molecule has 0 fully saturated rings. The summed E-state index contributed by atoms with van der Waals surface area (Å²) in [4.78, 5) is 20.5.